The van der Waals surface area contributed by atoms with Crippen molar-refractivity contribution in [1.29, 1.82) is 0 Å². The second-order valence-electron chi connectivity index (χ2n) is 6.06. The molecule has 2 aromatic rings. The van der Waals surface area contributed by atoms with Crippen LogP contribution in [0, 0.1) is 5.82 Å². The number of piperazine rings is 1. The summed E-state index contributed by atoms with van der Waals surface area (Å²) in [7, 11) is 0. The molecule has 1 aromatic heterocycles. The molecule has 1 atom stereocenters. The average molecular weight is 356 g/mol. The highest BCUT2D eigenvalue weighted by atomic mass is 35.5. The van der Waals surface area contributed by atoms with E-state index in [1.165, 1.54) is 16.0 Å². The van der Waals surface area contributed by atoms with Crippen LogP contribution in [0.4, 0.5) is 4.39 Å². The summed E-state index contributed by atoms with van der Waals surface area (Å²) in [6, 6.07) is 7.18. The number of rotatable bonds is 4. The third-order valence-corrected chi connectivity index (χ3v) is 5.29. The maximum absolute atomic E-state index is 13.5. The SMILES string of the molecule is CC(C)c1ncc(CN2CCNCC2c2cccc(F)c2)s1.Cl. The molecule has 6 heteroatoms. The zero-order valence-electron chi connectivity index (χ0n) is 13.5. The predicted octanol–water partition coefficient (Wildman–Crippen LogP) is 3.97. The molecule has 1 fully saturated rings. The van der Waals surface area contributed by atoms with E-state index < -0.39 is 0 Å². The summed E-state index contributed by atoms with van der Waals surface area (Å²) in [6.07, 6.45) is 1.99. The van der Waals surface area contributed by atoms with Gasteiger partial charge in [-0.2, -0.15) is 0 Å². The van der Waals surface area contributed by atoms with Crippen LogP contribution in [-0.2, 0) is 6.54 Å². The van der Waals surface area contributed by atoms with Gasteiger partial charge in [-0.1, -0.05) is 26.0 Å². The van der Waals surface area contributed by atoms with Gasteiger partial charge in [-0.15, -0.1) is 23.7 Å². The van der Waals surface area contributed by atoms with E-state index in [2.05, 4.69) is 29.0 Å². The number of halogens is 2. The van der Waals surface area contributed by atoms with Gasteiger partial charge >= 0.3 is 0 Å². The number of aromatic nitrogens is 1. The molecule has 126 valence electrons. The fourth-order valence-corrected chi connectivity index (χ4v) is 3.79. The molecule has 1 N–H and O–H groups in total. The summed E-state index contributed by atoms with van der Waals surface area (Å²) in [5.74, 6) is 0.309. The van der Waals surface area contributed by atoms with Crippen LogP contribution in [0.2, 0.25) is 0 Å². The van der Waals surface area contributed by atoms with E-state index in [0.29, 0.717) is 5.92 Å². The molecular weight excluding hydrogens is 333 g/mol. The monoisotopic (exact) mass is 355 g/mol. The van der Waals surface area contributed by atoms with Gasteiger partial charge in [0.2, 0.25) is 0 Å². The van der Waals surface area contributed by atoms with Crippen LogP contribution in [0.25, 0.3) is 0 Å². The van der Waals surface area contributed by atoms with Gasteiger partial charge in [0.25, 0.3) is 0 Å². The second kappa shape index (κ2) is 8.20. The fraction of sp³-hybridized carbons (Fsp3) is 0.471. The van der Waals surface area contributed by atoms with E-state index >= 15 is 0 Å². The highest BCUT2D eigenvalue weighted by Gasteiger charge is 2.24. The molecule has 23 heavy (non-hydrogen) atoms. The molecule has 0 amide bonds. The minimum Gasteiger partial charge on any atom is -0.314 e. The van der Waals surface area contributed by atoms with Crippen molar-refractivity contribution >= 4 is 23.7 Å². The quantitative estimate of drug-likeness (QED) is 0.899. The summed E-state index contributed by atoms with van der Waals surface area (Å²) in [6.45, 7) is 8.02. The molecule has 1 saturated heterocycles. The molecule has 3 rings (SSSR count). The van der Waals surface area contributed by atoms with Crippen molar-refractivity contribution in [3.05, 3.63) is 51.7 Å². The van der Waals surface area contributed by atoms with Crippen molar-refractivity contribution < 1.29 is 4.39 Å². The van der Waals surface area contributed by atoms with Crippen molar-refractivity contribution in [2.75, 3.05) is 19.6 Å². The van der Waals surface area contributed by atoms with Gasteiger partial charge in [0.1, 0.15) is 5.82 Å². The highest BCUT2D eigenvalue weighted by molar-refractivity contribution is 7.11. The average Bonchev–Trinajstić information content (AvgIpc) is 2.97. The molecule has 0 spiro atoms. The van der Waals surface area contributed by atoms with Crippen LogP contribution in [-0.4, -0.2) is 29.5 Å². The number of benzene rings is 1. The Kier molecular flexibility index (Phi) is 6.53. The Hall–Kier alpha value is -1.01. The van der Waals surface area contributed by atoms with Crippen LogP contribution in [0.15, 0.2) is 30.5 Å². The first-order valence-electron chi connectivity index (χ1n) is 7.78. The first kappa shape index (κ1) is 18.3. The lowest BCUT2D eigenvalue weighted by molar-refractivity contribution is 0.155. The van der Waals surface area contributed by atoms with Crippen LogP contribution in [0.1, 0.15) is 41.3 Å². The van der Waals surface area contributed by atoms with Gasteiger partial charge in [0.15, 0.2) is 0 Å². The van der Waals surface area contributed by atoms with Crippen molar-refractivity contribution in [1.82, 2.24) is 15.2 Å². The van der Waals surface area contributed by atoms with Crippen LogP contribution < -0.4 is 5.32 Å². The van der Waals surface area contributed by atoms with Gasteiger partial charge in [0.05, 0.1) is 5.01 Å². The Morgan fingerprint density at radius 1 is 1.43 bits per heavy atom. The molecular formula is C17H23ClFN3S. The van der Waals surface area contributed by atoms with Crippen molar-refractivity contribution in [2.45, 2.75) is 32.4 Å². The van der Waals surface area contributed by atoms with Gasteiger partial charge in [-0.05, 0) is 17.7 Å². The number of hydrogen-bond donors (Lipinski definition) is 1. The predicted molar refractivity (Wildman–Crippen MR) is 95.9 cm³/mol. The third-order valence-electron chi connectivity index (χ3n) is 4.01. The van der Waals surface area contributed by atoms with Crippen molar-refractivity contribution in [2.24, 2.45) is 0 Å². The molecule has 1 aliphatic rings. The topological polar surface area (TPSA) is 28.2 Å². The van der Waals surface area contributed by atoms with E-state index in [4.69, 9.17) is 0 Å². The van der Waals surface area contributed by atoms with Gasteiger partial charge in [-0.3, -0.25) is 4.90 Å². The minimum absolute atomic E-state index is 0. The van der Waals surface area contributed by atoms with Crippen LogP contribution >= 0.6 is 23.7 Å². The number of thiazole rings is 1. The zero-order valence-corrected chi connectivity index (χ0v) is 15.1. The van der Waals surface area contributed by atoms with Crippen molar-refractivity contribution in [3.8, 4) is 0 Å². The molecule has 0 bridgehead atoms. The fourth-order valence-electron chi connectivity index (χ4n) is 2.84. The van der Waals surface area contributed by atoms with Gasteiger partial charge < -0.3 is 5.32 Å². The first-order valence-corrected chi connectivity index (χ1v) is 8.60. The highest BCUT2D eigenvalue weighted by Crippen LogP contribution is 2.28. The first-order chi connectivity index (χ1) is 10.6. The Morgan fingerprint density at radius 2 is 2.26 bits per heavy atom. The van der Waals surface area contributed by atoms with E-state index in [1.807, 2.05) is 12.3 Å². The standard InChI is InChI=1S/C17H22FN3S.ClH/c1-12(2)17-20-9-15(22-17)11-21-7-6-19-10-16(21)13-4-3-5-14(18)8-13;/h3-5,8-9,12,16,19H,6-7,10-11H2,1-2H3;1H. The van der Waals surface area contributed by atoms with Crippen molar-refractivity contribution in [3.63, 3.8) is 0 Å². The second-order valence-corrected chi connectivity index (χ2v) is 7.21. The normalized spacial score (nSPS) is 18.9. The maximum Gasteiger partial charge on any atom is 0.123 e. The minimum atomic E-state index is -0.164. The van der Waals surface area contributed by atoms with E-state index in [1.54, 1.807) is 23.5 Å². The van der Waals surface area contributed by atoms with E-state index in [-0.39, 0.29) is 24.3 Å². The maximum atomic E-state index is 13.5. The van der Waals surface area contributed by atoms with Crippen LogP contribution in [0.5, 0.6) is 0 Å². The summed E-state index contributed by atoms with van der Waals surface area (Å²) in [5.41, 5.74) is 1.04. The summed E-state index contributed by atoms with van der Waals surface area (Å²) in [4.78, 5) is 8.21. The lowest BCUT2D eigenvalue weighted by atomic mass is 10.0. The number of nitrogens with one attached hydrogen (secondary N) is 1. The molecule has 1 unspecified atom stereocenters. The largest absolute Gasteiger partial charge is 0.314 e. The summed E-state index contributed by atoms with van der Waals surface area (Å²) in [5, 5.41) is 4.60. The molecule has 0 aliphatic carbocycles. The molecule has 3 nitrogen and oxygen atoms in total. The molecule has 0 saturated carbocycles. The number of hydrogen-bond acceptors (Lipinski definition) is 4. The van der Waals surface area contributed by atoms with E-state index in [0.717, 1.165) is 31.7 Å². The Morgan fingerprint density at radius 3 is 2.96 bits per heavy atom. The molecule has 0 radical (unpaired) electrons. The molecule has 1 aliphatic heterocycles. The number of nitrogens with zero attached hydrogens (tertiary/aromatic N) is 2. The summed E-state index contributed by atoms with van der Waals surface area (Å²) >= 11 is 1.79. The molecule has 2 heterocycles. The Bertz CT molecular complexity index is 632. The van der Waals surface area contributed by atoms with Gasteiger partial charge in [-0.25, -0.2) is 9.37 Å². The van der Waals surface area contributed by atoms with Gasteiger partial charge in [0, 0.05) is 49.2 Å². The van der Waals surface area contributed by atoms with Crippen LogP contribution in [0.3, 0.4) is 0 Å². The lowest BCUT2D eigenvalue weighted by Gasteiger charge is -2.36. The zero-order chi connectivity index (χ0) is 15.5. The third kappa shape index (κ3) is 4.51. The Balaban J connectivity index is 0.00000192. The summed E-state index contributed by atoms with van der Waals surface area (Å²) < 4.78 is 13.5. The smallest absolute Gasteiger partial charge is 0.123 e. The van der Waals surface area contributed by atoms with E-state index in [9.17, 15) is 4.39 Å². The molecule has 1 aromatic carbocycles. The lowest BCUT2D eigenvalue weighted by Crippen LogP contribution is -2.45. The Labute approximate surface area is 147 Å².